The predicted octanol–water partition coefficient (Wildman–Crippen LogP) is 2.21. The third-order valence-corrected chi connectivity index (χ3v) is 6.87. The molecule has 2 N–H and O–H groups in total. The Labute approximate surface area is 185 Å². The van der Waals surface area contributed by atoms with Gasteiger partial charge in [0.1, 0.15) is 24.1 Å². The van der Waals surface area contributed by atoms with Gasteiger partial charge in [-0.05, 0) is 24.3 Å². The first-order valence-corrected chi connectivity index (χ1v) is 11.4. The van der Waals surface area contributed by atoms with E-state index in [9.17, 15) is 23.6 Å². The molecule has 32 heavy (non-hydrogen) atoms. The predicted molar refractivity (Wildman–Crippen MR) is 116 cm³/mol. The van der Waals surface area contributed by atoms with Crippen LogP contribution in [0.3, 0.4) is 0 Å². The van der Waals surface area contributed by atoms with Gasteiger partial charge in [-0.25, -0.2) is 8.42 Å². The van der Waals surface area contributed by atoms with E-state index in [0.717, 1.165) is 6.07 Å². The van der Waals surface area contributed by atoms with E-state index in [1.165, 1.54) is 16.4 Å². The largest absolute Gasteiger partial charge is 0.491 e. The van der Waals surface area contributed by atoms with Crippen molar-refractivity contribution in [1.82, 2.24) is 4.31 Å². The Morgan fingerprint density at radius 3 is 2.59 bits per heavy atom. The fourth-order valence-corrected chi connectivity index (χ4v) is 4.61. The van der Waals surface area contributed by atoms with Gasteiger partial charge in [0, 0.05) is 31.8 Å². The van der Waals surface area contributed by atoms with Crippen molar-refractivity contribution in [2.75, 3.05) is 38.4 Å². The standard InChI is InChI=1S/C20H25N3O8S/c1-3-22(4-2)32(27,28)16-6-7-17(18(10-16)23(25)26)21-11-14(24)12-29-15-5-8-19-20(9-15)31-13-30-19/h5-10,14,21,24H,3-4,11-13H2,1-2H3. The molecule has 174 valence electrons. The number of hydrogen-bond acceptors (Lipinski definition) is 9. The summed E-state index contributed by atoms with van der Waals surface area (Å²) in [7, 11) is -3.84. The first-order chi connectivity index (χ1) is 15.3. The van der Waals surface area contributed by atoms with Crippen molar-refractivity contribution < 1.29 is 32.7 Å². The molecule has 3 rings (SSSR count). The van der Waals surface area contributed by atoms with Crippen molar-refractivity contribution in [1.29, 1.82) is 0 Å². The molecular formula is C20H25N3O8S. The number of nitrogens with one attached hydrogen (secondary N) is 1. The maximum atomic E-state index is 12.6. The summed E-state index contributed by atoms with van der Waals surface area (Å²) in [5.41, 5.74) is -0.308. The number of rotatable bonds is 11. The van der Waals surface area contributed by atoms with Crippen molar-refractivity contribution in [2.24, 2.45) is 0 Å². The minimum Gasteiger partial charge on any atom is -0.491 e. The maximum absolute atomic E-state index is 12.6. The van der Waals surface area contributed by atoms with Crippen molar-refractivity contribution in [3.05, 3.63) is 46.5 Å². The highest BCUT2D eigenvalue weighted by Gasteiger charge is 2.26. The number of sulfonamides is 1. The number of aliphatic hydroxyl groups excluding tert-OH is 1. The summed E-state index contributed by atoms with van der Waals surface area (Å²) < 4.78 is 42.5. The van der Waals surface area contributed by atoms with Crippen LogP contribution in [-0.2, 0) is 10.0 Å². The second-order valence-corrected chi connectivity index (χ2v) is 8.82. The molecule has 0 bridgehead atoms. The van der Waals surface area contributed by atoms with Crippen LogP contribution in [0.2, 0.25) is 0 Å². The molecule has 0 aliphatic carbocycles. The average molecular weight is 468 g/mol. The fraction of sp³-hybridized carbons (Fsp3) is 0.400. The van der Waals surface area contributed by atoms with Crippen molar-refractivity contribution in [3.8, 4) is 17.2 Å². The van der Waals surface area contributed by atoms with E-state index in [2.05, 4.69) is 5.32 Å². The topological polar surface area (TPSA) is 140 Å². The van der Waals surface area contributed by atoms with Crippen LogP contribution in [0.4, 0.5) is 11.4 Å². The van der Waals surface area contributed by atoms with Crippen LogP contribution in [0.25, 0.3) is 0 Å². The van der Waals surface area contributed by atoms with E-state index in [0.29, 0.717) is 17.2 Å². The second-order valence-electron chi connectivity index (χ2n) is 6.89. The normalized spacial score (nSPS) is 13.8. The Kier molecular flexibility index (Phi) is 7.38. The average Bonchev–Trinajstić information content (AvgIpc) is 3.24. The van der Waals surface area contributed by atoms with E-state index >= 15 is 0 Å². The Bertz CT molecular complexity index is 1070. The molecular weight excluding hydrogens is 442 g/mol. The molecule has 1 aliphatic rings. The van der Waals surface area contributed by atoms with Gasteiger partial charge < -0.3 is 24.6 Å². The molecule has 1 atom stereocenters. The van der Waals surface area contributed by atoms with E-state index in [1.807, 2.05) is 0 Å². The van der Waals surface area contributed by atoms with Crippen LogP contribution < -0.4 is 19.5 Å². The quantitative estimate of drug-likeness (QED) is 0.376. The molecule has 1 aliphatic heterocycles. The van der Waals surface area contributed by atoms with Crippen molar-refractivity contribution in [2.45, 2.75) is 24.8 Å². The van der Waals surface area contributed by atoms with Gasteiger partial charge in [-0.15, -0.1) is 0 Å². The number of ether oxygens (including phenoxy) is 3. The molecule has 11 nitrogen and oxygen atoms in total. The number of aliphatic hydroxyl groups is 1. The molecule has 0 fully saturated rings. The van der Waals surface area contributed by atoms with Crippen LogP contribution in [0.15, 0.2) is 41.3 Å². The molecule has 1 unspecified atom stereocenters. The number of benzene rings is 2. The molecule has 0 aromatic heterocycles. The Morgan fingerprint density at radius 2 is 1.91 bits per heavy atom. The Hall–Kier alpha value is -3.09. The molecule has 0 amide bonds. The highest BCUT2D eigenvalue weighted by Crippen LogP contribution is 2.35. The Morgan fingerprint density at radius 1 is 1.19 bits per heavy atom. The lowest BCUT2D eigenvalue weighted by atomic mass is 10.2. The van der Waals surface area contributed by atoms with Gasteiger partial charge in [0.15, 0.2) is 11.5 Å². The summed E-state index contributed by atoms with van der Waals surface area (Å²) in [5, 5.41) is 24.5. The first kappa shape index (κ1) is 23.6. The van der Waals surface area contributed by atoms with Gasteiger partial charge in [0.2, 0.25) is 16.8 Å². The summed E-state index contributed by atoms with van der Waals surface area (Å²) in [4.78, 5) is 10.7. The highest BCUT2D eigenvalue weighted by molar-refractivity contribution is 7.89. The number of nitro groups is 1. The second kappa shape index (κ2) is 10.0. The van der Waals surface area contributed by atoms with E-state index in [1.54, 1.807) is 32.0 Å². The van der Waals surface area contributed by atoms with Crippen LogP contribution in [-0.4, -0.2) is 61.9 Å². The van der Waals surface area contributed by atoms with Crippen LogP contribution in [0.1, 0.15) is 13.8 Å². The van der Waals surface area contributed by atoms with Crippen LogP contribution in [0, 0.1) is 10.1 Å². The van der Waals surface area contributed by atoms with E-state index < -0.39 is 26.7 Å². The first-order valence-electron chi connectivity index (χ1n) is 9.99. The highest BCUT2D eigenvalue weighted by atomic mass is 32.2. The zero-order chi connectivity index (χ0) is 23.3. The van der Waals surface area contributed by atoms with Gasteiger partial charge in [-0.3, -0.25) is 10.1 Å². The number of nitrogens with zero attached hydrogens (tertiary/aromatic N) is 2. The van der Waals surface area contributed by atoms with Gasteiger partial charge in [0.25, 0.3) is 5.69 Å². The molecule has 0 spiro atoms. The number of fused-ring (bicyclic) bond motifs is 1. The molecule has 1 heterocycles. The van der Waals surface area contributed by atoms with E-state index in [4.69, 9.17) is 14.2 Å². The zero-order valence-electron chi connectivity index (χ0n) is 17.7. The summed E-state index contributed by atoms with van der Waals surface area (Å²) in [5.74, 6) is 1.63. The van der Waals surface area contributed by atoms with Crippen LogP contribution >= 0.6 is 0 Å². The molecule has 12 heteroatoms. The summed E-state index contributed by atoms with van der Waals surface area (Å²) in [6, 6.07) is 8.65. The molecule has 2 aromatic rings. The van der Waals surface area contributed by atoms with Gasteiger partial charge in [-0.1, -0.05) is 13.8 Å². The lowest BCUT2D eigenvalue weighted by molar-refractivity contribution is -0.384. The smallest absolute Gasteiger partial charge is 0.293 e. The summed E-state index contributed by atoms with van der Waals surface area (Å²) >= 11 is 0. The third kappa shape index (κ3) is 5.21. The number of hydrogen-bond donors (Lipinski definition) is 2. The minimum atomic E-state index is -3.84. The van der Waals surface area contributed by atoms with Gasteiger partial charge >= 0.3 is 0 Å². The monoisotopic (exact) mass is 467 g/mol. The van der Waals surface area contributed by atoms with Crippen molar-refractivity contribution >= 4 is 21.4 Å². The summed E-state index contributed by atoms with van der Waals surface area (Å²) in [6.45, 7) is 3.91. The zero-order valence-corrected chi connectivity index (χ0v) is 18.5. The molecule has 0 saturated carbocycles. The third-order valence-electron chi connectivity index (χ3n) is 4.82. The lowest BCUT2D eigenvalue weighted by Gasteiger charge is -2.19. The van der Waals surface area contributed by atoms with Gasteiger partial charge in [-0.2, -0.15) is 4.31 Å². The lowest BCUT2D eigenvalue weighted by Crippen LogP contribution is -2.30. The number of nitro benzene ring substituents is 1. The summed E-state index contributed by atoms with van der Waals surface area (Å²) in [6.07, 6.45) is -0.987. The minimum absolute atomic E-state index is 0.0481. The molecule has 2 aromatic carbocycles. The molecule has 0 radical (unpaired) electrons. The SMILES string of the molecule is CCN(CC)S(=O)(=O)c1ccc(NCC(O)COc2ccc3c(c2)OCO3)c([N+](=O)[O-])c1. The molecule has 0 saturated heterocycles. The fourth-order valence-electron chi connectivity index (χ4n) is 3.13. The van der Waals surface area contributed by atoms with Crippen LogP contribution in [0.5, 0.6) is 17.2 Å². The van der Waals surface area contributed by atoms with Gasteiger partial charge in [0.05, 0.1) is 9.82 Å². The number of anilines is 1. The Balaban J connectivity index is 1.64. The maximum Gasteiger partial charge on any atom is 0.293 e. The van der Waals surface area contributed by atoms with E-state index in [-0.39, 0.29) is 43.6 Å². The van der Waals surface area contributed by atoms with Crippen molar-refractivity contribution in [3.63, 3.8) is 0 Å².